The zero-order chi connectivity index (χ0) is 14.3. The lowest BCUT2D eigenvalue weighted by Gasteiger charge is -2.32. The van der Waals surface area contributed by atoms with Crippen molar-refractivity contribution >= 4 is 5.91 Å². The van der Waals surface area contributed by atoms with Gasteiger partial charge in [0.25, 0.3) is 0 Å². The lowest BCUT2D eigenvalue weighted by molar-refractivity contribution is -0.139. The molecule has 0 aromatic carbocycles. The molecule has 1 unspecified atom stereocenters. The molecule has 0 bridgehead atoms. The van der Waals surface area contributed by atoms with Crippen LogP contribution in [0, 0.1) is 5.92 Å². The van der Waals surface area contributed by atoms with Crippen molar-refractivity contribution in [2.75, 3.05) is 39.3 Å². The smallest absolute Gasteiger partial charge is 0.346 e. The summed E-state index contributed by atoms with van der Waals surface area (Å²) in [6.45, 7) is 4.19. The molecule has 0 aromatic heterocycles. The number of carbonyl (C=O) groups excluding carboxylic acids is 1. The van der Waals surface area contributed by atoms with Crippen LogP contribution in [0.3, 0.4) is 0 Å². The van der Waals surface area contributed by atoms with Crippen LogP contribution in [0.2, 0.25) is 0 Å². The average molecular weight is 281 g/mol. The Bertz CT molecular complexity index is 284. The van der Waals surface area contributed by atoms with Crippen molar-refractivity contribution in [1.29, 1.82) is 0 Å². The van der Waals surface area contributed by atoms with Gasteiger partial charge < -0.3 is 10.6 Å². The molecule has 4 nitrogen and oxygen atoms in total. The molecule has 2 N–H and O–H groups in total. The Morgan fingerprint density at radius 2 is 2.16 bits per heavy atom. The van der Waals surface area contributed by atoms with Crippen molar-refractivity contribution in [3.8, 4) is 0 Å². The van der Waals surface area contributed by atoms with E-state index in [1.807, 2.05) is 17.1 Å². The summed E-state index contributed by atoms with van der Waals surface area (Å²) in [5.74, 6) is -0.0782. The number of carbonyl (C=O) groups is 1. The molecule has 112 valence electrons. The second-order valence-corrected chi connectivity index (χ2v) is 4.94. The highest BCUT2D eigenvalue weighted by Crippen LogP contribution is 2.15. The van der Waals surface area contributed by atoms with E-state index in [9.17, 15) is 18.0 Å². The van der Waals surface area contributed by atoms with E-state index in [0.29, 0.717) is 5.92 Å². The molecule has 1 atom stereocenters. The van der Waals surface area contributed by atoms with Crippen LogP contribution in [0.4, 0.5) is 13.2 Å². The molecule has 0 spiro atoms. The van der Waals surface area contributed by atoms with Gasteiger partial charge in [-0.15, -0.1) is 0 Å². The van der Waals surface area contributed by atoms with Gasteiger partial charge in [0.1, 0.15) is 6.54 Å². The van der Waals surface area contributed by atoms with Gasteiger partial charge >= 0.3 is 6.18 Å². The van der Waals surface area contributed by atoms with E-state index in [-0.39, 0.29) is 6.54 Å². The molecular formula is C12H22F3N3O. The maximum atomic E-state index is 12.0. The molecule has 7 heteroatoms. The topological polar surface area (TPSA) is 44.4 Å². The van der Waals surface area contributed by atoms with E-state index in [4.69, 9.17) is 0 Å². The first-order valence-electron chi connectivity index (χ1n) is 6.67. The largest absolute Gasteiger partial charge is 0.405 e. The number of hydrogen-bond donors (Lipinski definition) is 2. The van der Waals surface area contributed by atoms with Gasteiger partial charge in [-0.3, -0.25) is 9.69 Å². The van der Waals surface area contributed by atoms with E-state index in [1.54, 1.807) is 0 Å². The summed E-state index contributed by atoms with van der Waals surface area (Å²) in [5, 5.41) is 5.17. The molecule has 0 saturated carbocycles. The standard InChI is InChI=1S/C12H22F3N3O/c1-2-16-6-10-4-3-5-18(7-10)8-11(19)17-9-12(13,14)15/h10,16H,2-9H2,1H3,(H,17,19). The van der Waals surface area contributed by atoms with Gasteiger partial charge in [-0.1, -0.05) is 6.92 Å². The lowest BCUT2D eigenvalue weighted by Crippen LogP contribution is -2.46. The van der Waals surface area contributed by atoms with Crippen molar-refractivity contribution in [2.24, 2.45) is 5.92 Å². The first-order valence-corrected chi connectivity index (χ1v) is 6.67. The Balaban J connectivity index is 2.25. The number of amides is 1. The number of rotatable bonds is 6. The van der Waals surface area contributed by atoms with Gasteiger partial charge in [-0.25, -0.2) is 0 Å². The van der Waals surface area contributed by atoms with Gasteiger partial charge in [0.15, 0.2) is 0 Å². The predicted molar refractivity (Wildman–Crippen MR) is 66.8 cm³/mol. The van der Waals surface area contributed by atoms with E-state index in [1.165, 1.54) is 0 Å². The van der Waals surface area contributed by atoms with E-state index in [0.717, 1.165) is 39.0 Å². The Labute approximate surface area is 111 Å². The van der Waals surface area contributed by atoms with Crippen molar-refractivity contribution < 1.29 is 18.0 Å². The van der Waals surface area contributed by atoms with Crippen molar-refractivity contribution in [3.63, 3.8) is 0 Å². The fourth-order valence-electron chi connectivity index (χ4n) is 2.27. The molecule has 1 heterocycles. The average Bonchev–Trinajstić information content (AvgIpc) is 2.33. The Morgan fingerprint density at radius 1 is 1.42 bits per heavy atom. The third-order valence-electron chi connectivity index (χ3n) is 3.14. The molecule has 1 saturated heterocycles. The summed E-state index contributed by atoms with van der Waals surface area (Å²) < 4.78 is 35.9. The first-order chi connectivity index (χ1) is 8.90. The summed E-state index contributed by atoms with van der Waals surface area (Å²) in [6, 6.07) is 0. The van der Waals surface area contributed by atoms with E-state index in [2.05, 4.69) is 5.32 Å². The second-order valence-electron chi connectivity index (χ2n) is 4.94. The molecule has 1 amide bonds. The van der Waals surface area contributed by atoms with Crippen molar-refractivity contribution in [3.05, 3.63) is 0 Å². The zero-order valence-corrected chi connectivity index (χ0v) is 11.2. The minimum atomic E-state index is -4.34. The summed E-state index contributed by atoms with van der Waals surface area (Å²) in [6.07, 6.45) is -2.25. The highest BCUT2D eigenvalue weighted by atomic mass is 19.4. The molecule has 0 aliphatic carbocycles. The molecule has 0 aromatic rings. The molecule has 0 radical (unpaired) electrons. The first kappa shape index (κ1) is 16.2. The number of nitrogens with zero attached hydrogens (tertiary/aromatic N) is 1. The summed E-state index contributed by atoms with van der Waals surface area (Å²) >= 11 is 0. The minimum absolute atomic E-state index is 0.0543. The van der Waals surface area contributed by atoms with Gasteiger partial charge in [0.05, 0.1) is 6.54 Å². The summed E-state index contributed by atoms with van der Waals surface area (Å²) in [5.41, 5.74) is 0. The third-order valence-corrected chi connectivity index (χ3v) is 3.14. The van der Waals surface area contributed by atoms with Crippen LogP contribution in [0.5, 0.6) is 0 Å². The molecule has 1 rings (SSSR count). The van der Waals surface area contributed by atoms with Crippen LogP contribution in [0.1, 0.15) is 19.8 Å². The fourth-order valence-corrected chi connectivity index (χ4v) is 2.27. The number of likely N-dealkylation sites (tertiary alicyclic amines) is 1. The maximum absolute atomic E-state index is 12.0. The minimum Gasteiger partial charge on any atom is -0.346 e. The number of alkyl halides is 3. The summed E-state index contributed by atoms with van der Waals surface area (Å²) in [4.78, 5) is 13.3. The van der Waals surface area contributed by atoms with E-state index < -0.39 is 18.6 Å². The number of hydrogen-bond acceptors (Lipinski definition) is 3. The van der Waals surface area contributed by atoms with E-state index >= 15 is 0 Å². The summed E-state index contributed by atoms with van der Waals surface area (Å²) in [7, 11) is 0. The fraction of sp³-hybridized carbons (Fsp3) is 0.917. The molecule has 1 aliphatic heterocycles. The van der Waals surface area contributed by atoms with Gasteiger partial charge in [-0.2, -0.15) is 13.2 Å². The number of piperidine rings is 1. The monoisotopic (exact) mass is 281 g/mol. The maximum Gasteiger partial charge on any atom is 0.405 e. The lowest BCUT2D eigenvalue weighted by atomic mass is 9.98. The Hall–Kier alpha value is -0.820. The highest BCUT2D eigenvalue weighted by molar-refractivity contribution is 5.78. The SMILES string of the molecule is CCNCC1CCCN(CC(=O)NCC(F)(F)F)C1. The molecule has 19 heavy (non-hydrogen) atoms. The molecule has 1 fully saturated rings. The van der Waals surface area contributed by atoms with Crippen molar-refractivity contribution in [1.82, 2.24) is 15.5 Å². The zero-order valence-electron chi connectivity index (χ0n) is 11.2. The van der Waals surface area contributed by atoms with Crippen LogP contribution in [0.15, 0.2) is 0 Å². The molecular weight excluding hydrogens is 259 g/mol. The molecule has 1 aliphatic rings. The van der Waals surface area contributed by atoms with Crippen molar-refractivity contribution in [2.45, 2.75) is 25.9 Å². The Kier molecular flexibility index (Phi) is 6.57. The van der Waals surface area contributed by atoms with Gasteiger partial charge in [0.2, 0.25) is 5.91 Å². The predicted octanol–water partition coefficient (Wildman–Crippen LogP) is 0.986. The van der Waals surface area contributed by atoms with Crippen LogP contribution < -0.4 is 10.6 Å². The highest BCUT2D eigenvalue weighted by Gasteiger charge is 2.28. The third kappa shape index (κ3) is 7.37. The van der Waals surface area contributed by atoms with Crippen LogP contribution >= 0.6 is 0 Å². The quantitative estimate of drug-likeness (QED) is 0.763. The number of nitrogens with one attached hydrogen (secondary N) is 2. The van der Waals surface area contributed by atoms with Gasteiger partial charge in [-0.05, 0) is 38.4 Å². The normalized spacial score (nSPS) is 21.4. The Morgan fingerprint density at radius 3 is 2.79 bits per heavy atom. The second kappa shape index (κ2) is 7.69. The van der Waals surface area contributed by atoms with Gasteiger partial charge in [0, 0.05) is 6.54 Å². The van der Waals surface area contributed by atoms with Crippen LogP contribution in [0.25, 0.3) is 0 Å². The number of halogens is 3. The van der Waals surface area contributed by atoms with Crippen LogP contribution in [-0.2, 0) is 4.79 Å². The van der Waals surface area contributed by atoms with Crippen LogP contribution in [-0.4, -0.2) is 56.3 Å².